The van der Waals surface area contributed by atoms with E-state index in [0.29, 0.717) is 0 Å². The van der Waals surface area contributed by atoms with Crippen LogP contribution in [-0.2, 0) is 21.7 Å². The Kier molecular flexibility index (Phi) is 8.22. The normalized spacial score (nSPS) is 13.3. The predicted molar refractivity (Wildman–Crippen MR) is 132 cm³/mol. The number of methoxy groups -OCH3 is 1. The van der Waals surface area contributed by atoms with Gasteiger partial charge in [0.15, 0.2) is 34.2 Å². The summed E-state index contributed by atoms with van der Waals surface area (Å²) in [6, 6.07) is 7.63. The monoisotopic (exact) mass is 570 g/mol. The van der Waals surface area contributed by atoms with E-state index in [0.717, 1.165) is 23.8 Å². The van der Waals surface area contributed by atoms with Crippen molar-refractivity contribution in [1.29, 1.82) is 0 Å². The average molecular weight is 571 g/mol. The second-order valence-electron chi connectivity index (χ2n) is 8.32. The molecule has 0 fully saturated rings. The maximum Gasteiger partial charge on any atom is 0.291 e. The quantitative estimate of drug-likeness (QED) is 0.0721. The van der Waals surface area contributed by atoms with E-state index in [9.17, 15) is 55.9 Å². The van der Waals surface area contributed by atoms with Gasteiger partial charge >= 0.3 is 0 Å². The van der Waals surface area contributed by atoms with Crippen molar-refractivity contribution in [2.75, 3.05) is 18.2 Å². The van der Waals surface area contributed by atoms with Crippen molar-refractivity contribution in [1.82, 2.24) is 10.3 Å². The Morgan fingerprint density at radius 3 is 2.05 bits per heavy atom. The van der Waals surface area contributed by atoms with E-state index in [4.69, 9.17) is 10.5 Å². The van der Waals surface area contributed by atoms with E-state index in [1.165, 1.54) is 12.1 Å². The molecule has 39 heavy (non-hydrogen) atoms. The molecule has 0 saturated carbocycles. The fraction of sp³-hybridized carbons (Fsp3) is 0.273. The largest absolute Gasteiger partial charge is 0.504 e. The highest BCUT2D eigenvalue weighted by Gasteiger charge is 2.44. The van der Waals surface area contributed by atoms with Crippen molar-refractivity contribution in [3.63, 3.8) is 0 Å². The summed E-state index contributed by atoms with van der Waals surface area (Å²) in [6.07, 6.45) is -2.87. The van der Waals surface area contributed by atoms with Crippen LogP contribution in [0.3, 0.4) is 0 Å². The van der Waals surface area contributed by atoms with Gasteiger partial charge in [-0.1, -0.05) is 30.3 Å². The molecule has 212 valence electrons. The molecule has 16 nitrogen and oxygen atoms in total. The Morgan fingerprint density at radius 2 is 1.56 bits per heavy atom. The third-order valence-corrected chi connectivity index (χ3v) is 6.11. The number of hydrogen-bond donors (Lipinski definition) is 13. The first-order valence-electron chi connectivity index (χ1n) is 10.7. The van der Waals surface area contributed by atoms with Crippen LogP contribution in [0.2, 0.25) is 0 Å². The number of nitrogens with zero attached hydrogens (tertiary/aromatic N) is 1. The van der Waals surface area contributed by atoms with Gasteiger partial charge in [0.1, 0.15) is 11.4 Å². The van der Waals surface area contributed by atoms with Gasteiger partial charge in [-0.2, -0.15) is 0 Å². The van der Waals surface area contributed by atoms with Crippen molar-refractivity contribution in [3.8, 4) is 23.0 Å². The molecule has 0 bridgehead atoms. The molecule has 0 aliphatic carbocycles. The van der Waals surface area contributed by atoms with Crippen LogP contribution < -0.4 is 16.4 Å². The van der Waals surface area contributed by atoms with Crippen LogP contribution in [0.15, 0.2) is 35.7 Å². The molecule has 3 rings (SSSR count). The van der Waals surface area contributed by atoms with Crippen molar-refractivity contribution in [3.05, 3.63) is 52.5 Å². The number of anilines is 2. The second-order valence-corrected chi connectivity index (χ2v) is 9.21. The molecule has 0 spiro atoms. The lowest BCUT2D eigenvalue weighted by Gasteiger charge is -2.36. The number of carbonyl (C=O) groups is 1. The predicted octanol–water partition coefficient (Wildman–Crippen LogP) is -1.88. The number of thiazole rings is 1. The van der Waals surface area contributed by atoms with E-state index >= 15 is 0 Å². The summed E-state index contributed by atoms with van der Waals surface area (Å²) in [5.74, 6) is -16.8. The van der Waals surface area contributed by atoms with E-state index in [-0.39, 0.29) is 10.7 Å². The zero-order valence-electron chi connectivity index (χ0n) is 20.0. The number of benzene rings is 2. The van der Waals surface area contributed by atoms with Crippen LogP contribution in [-0.4, -0.2) is 80.9 Å². The Morgan fingerprint density at radius 1 is 1.00 bits per heavy atom. The van der Waals surface area contributed by atoms with Gasteiger partial charge in [-0.05, 0) is 5.56 Å². The van der Waals surface area contributed by atoms with Crippen molar-refractivity contribution < 1.29 is 60.6 Å². The lowest BCUT2D eigenvalue weighted by Crippen LogP contribution is -2.62. The number of nitrogen functional groups attached to an aromatic ring is 1. The van der Waals surface area contributed by atoms with E-state index in [2.05, 4.69) is 4.98 Å². The van der Waals surface area contributed by atoms with Gasteiger partial charge in [0.25, 0.3) is 17.6 Å². The fourth-order valence-corrected chi connectivity index (χ4v) is 4.21. The lowest BCUT2D eigenvalue weighted by atomic mass is 10.0. The maximum atomic E-state index is 12.4. The Hall–Kier alpha value is -3.78. The number of hydrogen-bond acceptors (Lipinski definition) is 16. The molecule has 0 saturated heterocycles. The molecular formula is C22H26N4O12S. The molecule has 2 aromatic carbocycles. The number of carbonyl (C=O) groups excluding carboxylic acids is 1. The standard InChI is InChI=1S/C22H26N4O12S/c1-38-17(9-5-3-2-4-6-9)22(36,37)26-20(32,33)7-10-13(27)15(29)12(16(30)14(10)28)25-18(31)21(34,35)11-8-39-19(23)24-11/h2-6,8,17,26-30,32-37H,7H2,1H3,(H2,23,24)(H,25,31). The Labute approximate surface area is 223 Å². The summed E-state index contributed by atoms with van der Waals surface area (Å²) in [7, 11) is 1.11. The smallest absolute Gasteiger partial charge is 0.291 e. The second kappa shape index (κ2) is 10.8. The average Bonchev–Trinajstić information content (AvgIpc) is 3.30. The minimum atomic E-state index is -3.34. The third kappa shape index (κ3) is 6.11. The fourth-order valence-electron chi connectivity index (χ4n) is 3.61. The molecule has 0 aliphatic rings. The highest BCUT2D eigenvalue weighted by atomic mass is 32.1. The van der Waals surface area contributed by atoms with E-state index < -0.39 is 76.0 Å². The van der Waals surface area contributed by atoms with Gasteiger partial charge in [0.05, 0.1) is 5.56 Å². The number of ether oxygens (including phenoxy) is 1. The summed E-state index contributed by atoms with van der Waals surface area (Å²) in [6.45, 7) is 0. The summed E-state index contributed by atoms with van der Waals surface area (Å²) >= 11 is 0.770. The first-order valence-corrected chi connectivity index (χ1v) is 11.6. The van der Waals surface area contributed by atoms with E-state index in [1.54, 1.807) is 28.8 Å². The number of phenols is 4. The van der Waals surface area contributed by atoms with Crippen molar-refractivity contribution in [2.45, 2.75) is 30.1 Å². The minimum absolute atomic E-state index is 0.115. The number of aromatic hydroxyl groups is 4. The number of amides is 1. The molecule has 1 aromatic heterocycles. The summed E-state index contributed by atoms with van der Waals surface area (Å²) in [4.78, 5) is 16.0. The molecule has 17 heteroatoms. The molecular weight excluding hydrogens is 544 g/mol. The highest BCUT2D eigenvalue weighted by Crippen LogP contribution is 2.51. The van der Waals surface area contributed by atoms with Crippen LogP contribution in [0.5, 0.6) is 23.0 Å². The molecule has 0 radical (unpaired) electrons. The number of rotatable bonds is 10. The van der Waals surface area contributed by atoms with Crippen molar-refractivity contribution in [2.24, 2.45) is 0 Å². The zero-order valence-corrected chi connectivity index (χ0v) is 20.8. The topological polar surface area (TPSA) is 292 Å². The van der Waals surface area contributed by atoms with Gasteiger partial charge in [0.2, 0.25) is 5.91 Å². The van der Waals surface area contributed by atoms with Gasteiger partial charge in [-0.25, -0.2) is 10.3 Å². The van der Waals surface area contributed by atoms with Gasteiger partial charge < -0.3 is 66.9 Å². The van der Waals surface area contributed by atoms with Crippen LogP contribution >= 0.6 is 11.3 Å². The molecule has 1 unspecified atom stereocenters. The molecule has 1 heterocycles. The summed E-state index contributed by atoms with van der Waals surface area (Å²) in [5.41, 5.74) is 2.97. The van der Waals surface area contributed by atoms with Gasteiger partial charge in [0, 0.05) is 18.9 Å². The first kappa shape index (κ1) is 29.8. The first-order chi connectivity index (χ1) is 18.0. The zero-order chi connectivity index (χ0) is 29.3. The molecule has 14 N–H and O–H groups in total. The third-order valence-electron chi connectivity index (χ3n) is 5.44. The maximum absolute atomic E-state index is 12.4. The molecule has 1 amide bonds. The summed E-state index contributed by atoms with van der Waals surface area (Å²) < 4.78 is 5.04. The Balaban J connectivity index is 1.88. The number of phenolic OH excluding ortho intramolecular Hbond substituents is 4. The van der Waals surface area contributed by atoms with Crippen LogP contribution in [0.4, 0.5) is 10.8 Å². The van der Waals surface area contributed by atoms with Gasteiger partial charge in [-0.15, -0.1) is 11.3 Å². The summed E-state index contributed by atoms with van der Waals surface area (Å²) in [5, 5.41) is 108. The molecule has 3 aromatic rings. The molecule has 0 aliphatic heterocycles. The van der Waals surface area contributed by atoms with Gasteiger partial charge in [-0.3, -0.25) is 4.79 Å². The van der Waals surface area contributed by atoms with E-state index in [1.807, 2.05) is 0 Å². The highest BCUT2D eigenvalue weighted by molar-refractivity contribution is 7.13. The SMILES string of the molecule is COC(c1ccccc1)C(O)(O)NC(O)(O)Cc1c(O)c(O)c(NC(=O)C(O)(O)c2csc(N)n2)c(O)c1O. The number of nitrogens with two attached hydrogens (primary N) is 1. The van der Waals surface area contributed by atoms with Crippen molar-refractivity contribution >= 4 is 28.1 Å². The van der Waals surface area contributed by atoms with Crippen LogP contribution in [0, 0.1) is 0 Å². The molecule has 1 atom stereocenters. The Bertz CT molecular complexity index is 1320. The lowest BCUT2D eigenvalue weighted by molar-refractivity contribution is -0.320. The number of aliphatic hydroxyl groups is 6. The van der Waals surface area contributed by atoms with Crippen LogP contribution in [0.25, 0.3) is 0 Å². The number of nitrogens with one attached hydrogen (secondary N) is 2. The van der Waals surface area contributed by atoms with Crippen LogP contribution in [0.1, 0.15) is 22.9 Å². The number of aromatic nitrogens is 1. The minimum Gasteiger partial charge on any atom is -0.504 e.